The number of carbonyl (C=O) groups excluding carboxylic acids is 1. The van der Waals surface area contributed by atoms with Gasteiger partial charge in [0.2, 0.25) is 5.91 Å². The van der Waals surface area contributed by atoms with Gasteiger partial charge in [-0.15, -0.1) is 0 Å². The maximum atomic E-state index is 13.1. The summed E-state index contributed by atoms with van der Waals surface area (Å²) in [5, 5.41) is 9.36. The Hall–Kier alpha value is -3.60. The molecule has 0 radical (unpaired) electrons. The minimum Gasteiger partial charge on any atom is -0.487 e. The third-order valence-electron chi connectivity index (χ3n) is 6.80. The van der Waals surface area contributed by atoms with E-state index < -0.39 is 5.97 Å². The van der Waals surface area contributed by atoms with Crippen molar-refractivity contribution in [3.05, 3.63) is 100 Å². The van der Waals surface area contributed by atoms with Gasteiger partial charge < -0.3 is 14.7 Å². The van der Waals surface area contributed by atoms with Crippen molar-refractivity contribution >= 4 is 11.9 Å². The fraction of sp³-hybridized carbons (Fsp3) is 0.355. The average molecular weight is 486 g/mol. The molecular formula is C31H35NO4. The fourth-order valence-corrected chi connectivity index (χ4v) is 4.83. The summed E-state index contributed by atoms with van der Waals surface area (Å²) in [5.74, 6) is 0.139. The summed E-state index contributed by atoms with van der Waals surface area (Å²) in [7, 11) is 0. The number of hydrogen-bond donors (Lipinski definition) is 1. The maximum absolute atomic E-state index is 13.1. The van der Waals surface area contributed by atoms with Gasteiger partial charge in [-0.05, 0) is 53.6 Å². The van der Waals surface area contributed by atoms with Gasteiger partial charge in [-0.25, -0.2) is 0 Å². The van der Waals surface area contributed by atoms with Crippen molar-refractivity contribution in [2.45, 2.75) is 65.0 Å². The Morgan fingerprint density at radius 2 is 1.61 bits per heavy atom. The number of carbonyl (C=O) groups is 2. The standard InChI is InChI=1S/C31H35NO4/c1-21(2)26-12-9-23(10-13-26)17-31(4)18-27-15-25(11-14-28(27)36-31)16-29(33)32(20-30(34)35)19-24-7-5-22(3)6-8-24/h5-15,21H,16-20H2,1-4H3,(H,34,35). The van der Waals surface area contributed by atoms with Crippen LogP contribution < -0.4 is 4.74 Å². The quantitative estimate of drug-likeness (QED) is 0.422. The molecular weight excluding hydrogens is 450 g/mol. The van der Waals surface area contributed by atoms with Gasteiger partial charge in [0.1, 0.15) is 17.9 Å². The van der Waals surface area contributed by atoms with Crippen molar-refractivity contribution in [2.24, 2.45) is 0 Å². The Bertz CT molecular complexity index is 1230. The van der Waals surface area contributed by atoms with Crippen molar-refractivity contribution in [1.29, 1.82) is 0 Å². The molecule has 5 nitrogen and oxygen atoms in total. The second kappa shape index (κ2) is 10.6. The molecule has 0 saturated heterocycles. The minimum absolute atomic E-state index is 0.153. The van der Waals surface area contributed by atoms with Gasteiger partial charge in [-0.3, -0.25) is 9.59 Å². The van der Waals surface area contributed by atoms with Crippen molar-refractivity contribution in [1.82, 2.24) is 4.90 Å². The minimum atomic E-state index is -1.02. The zero-order chi connectivity index (χ0) is 25.9. The van der Waals surface area contributed by atoms with Gasteiger partial charge in [0.05, 0.1) is 6.42 Å². The molecule has 0 bridgehead atoms. The lowest BCUT2D eigenvalue weighted by Crippen LogP contribution is -2.36. The van der Waals surface area contributed by atoms with Crippen LogP contribution in [0.25, 0.3) is 0 Å². The topological polar surface area (TPSA) is 66.8 Å². The maximum Gasteiger partial charge on any atom is 0.323 e. The Labute approximate surface area is 213 Å². The first-order valence-corrected chi connectivity index (χ1v) is 12.5. The van der Waals surface area contributed by atoms with Gasteiger partial charge in [-0.2, -0.15) is 0 Å². The smallest absolute Gasteiger partial charge is 0.323 e. The molecule has 5 heteroatoms. The van der Waals surface area contributed by atoms with Gasteiger partial charge >= 0.3 is 5.97 Å². The van der Waals surface area contributed by atoms with Crippen LogP contribution in [0, 0.1) is 6.92 Å². The number of amides is 1. The van der Waals surface area contributed by atoms with Gasteiger partial charge in [-0.1, -0.05) is 80.1 Å². The Morgan fingerprint density at radius 1 is 0.972 bits per heavy atom. The first-order valence-electron chi connectivity index (χ1n) is 12.5. The second-order valence-corrected chi connectivity index (χ2v) is 10.5. The van der Waals surface area contributed by atoms with Crippen LogP contribution in [0.2, 0.25) is 0 Å². The molecule has 0 fully saturated rings. The summed E-state index contributed by atoms with van der Waals surface area (Å²) in [6, 6.07) is 22.4. The number of carboxylic acid groups (broad SMARTS) is 1. The molecule has 1 unspecified atom stereocenters. The average Bonchev–Trinajstić information content (AvgIpc) is 3.15. The molecule has 1 heterocycles. The highest BCUT2D eigenvalue weighted by atomic mass is 16.5. The van der Waals surface area contributed by atoms with Crippen LogP contribution in [0.3, 0.4) is 0 Å². The first kappa shape index (κ1) is 25.5. The van der Waals surface area contributed by atoms with E-state index in [4.69, 9.17) is 4.74 Å². The molecule has 0 saturated carbocycles. The predicted molar refractivity (Wildman–Crippen MR) is 141 cm³/mol. The number of rotatable bonds is 9. The van der Waals surface area contributed by atoms with E-state index in [0.29, 0.717) is 5.92 Å². The zero-order valence-corrected chi connectivity index (χ0v) is 21.6. The van der Waals surface area contributed by atoms with E-state index in [1.54, 1.807) is 0 Å². The Kier molecular flexibility index (Phi) is 7.48. The van der Waals surface area contributed by atoms with Crippen LogP contribution in [0.5, 0.6) is 5.75 Å². The third-order valence-corrected chi connectivity index (χ3v) is 6.80. The van der Waals surface area contributed by atoms with E-state index in [2.05, 4.69) is 45.0 Å². The van der Waals surface area contributed by atoms with E-state index >= 15 is 0 Å². The number of ether oxygens (including phenoxy) is 1. The molecule has 0 aromatic heterocycles. The van der Waals surface area contributed by atoms with Crippen LogP contribution >= 0.6 is 0 Å². The highest BCUT2D eigenvalue weighted by molar-refractivity contribution is 5.83. The number of carboxylic acids is 1. The molecule has 188 valence electrons. The molecule has 0 spiro atoms. The molecule has 3 aromatic rings. The van der Waals surface area contributed by atoms with Crippen molar-refractivity contribution < 1.29 is 19.4 Å². The number of aliphatic carboxylic acids is 1. The SMILES string of the molecule is Cc1ccc(CN(CC(=O)O)C(=O)Cc2ccc3c(c2)CC(C)(Cc2ccc(C(C)C)cc2)O3)cc1. The van der Waals surface area contributed by atoms with Crippen LogP contribution in [-0.2, 0) is 35.4 Å². The molecule has 3 aromatic carbocycles. The largest absolute Gasteiger partial charge is 0.487 e. The molecule has 1 amide bonds. The summed E-state index contributed by atoms with van der Waals surface area (Å²) in [4.78, 5) is 25.9. The molecule has 1 aliphatic rings. The third kappa shape index (κ3) is 6.34. The summed E-state index contributed by atoms with van der Waals surface area (Å²) in [6.45, 7) is 8.46. The number of hydrogen-bond acceptors (Lipinski definition) is 3. The van der Waals surface area contributed by atoms with E-state index in [1.165, 1.54) is 16.0 Å². The summed E-state index contributed by atoms with van der Waals surface area (Å²) in [5.41, 5.74) is 6.21. The summed E-state index contributed by atoms with van der Waals surface area (Å²) >= 11 is 0. The van der Waals surface area contributed by atoms with Crippen LogP contribution in [-0.4, -0.2) is 34.0 Å². The van der Waals surface area contributed by atoms with Crippen LogP contribution in [0.15, 0.2) is 66.7 Å². The molecule has 1 aliphatic heterocycles. The number of aryl methyl sites for hydroxylation is 1. The zero-order valence-electron chi connectivity index (χ0n) is 21.6. The number of fused-ring (bicyclic) bond motifs is 1. The van der Waals surface area contributed by atoms with E-state index in [-0.39, 0.29) is 31.0 Å². The molecule has 4 rings (SSSR count). The Balaban J connectivity index is 1.43. The summed E-state index contributed by atoms with van der Waals surface area (Å²) in [6.07, 6.45) is 1.72. The molecule has 1 atom stereocenters. The van der Waals surface area contributed by atoms with E-state index in [0.717, 1.165) is 40.8 Å². The van der Waals surface area contributed by atoms with E-state index in [9.17, 15) is 14.7 Å². The monoisotopic (exact) mass is 485 g/mol. The fourth-order valence-electron chi connectivity index (χ4n) is 4.83. The molecule has 36 heavy (non-hydrogen) atoms. The van der Waals surface area contributed by atoms with Crippen molar-refractivity contribution in [2.75, 3.05) is 6.54 Å². The van der Waals surface area contributed by atoms with Crippen LogP contribution in [0.4, 0.5) is 0 Å². The van der Waals surface area contributed by atoms with Gasteiger partial charge in [0.25, 0.3) is 0 Å². The van der Waals surface area contributed by atoms with Crippen molar-refractivity contribution in [3.8, 4) is 5.75 Å². The molecule has 0 aliphatic carbocycles. The Morgan fingerprint density at radius 3 is 2.25 bits per heavy atom. The van der Waals surface area contributed by atoms with Crippen LogP contribution in [0.1, 0.15) is 60.1 Å². The highest BCUT2D eigenvalue weighted by Crippen LogP contribution is 2.37. The lowest BCUT2D eigenvalue weighted by molar-refractivity contribution is -0.144. The van der Waals surface area contributed by atoms with Gasteiger partial charge in [0.15, 0.2) is 0 Å². The van der Waals surface area contributed by atoms with Crippen molar-refractivity contribution in [3.63, 3.8) is 0 Å². The normalized spacial score (nSPS) is 16.5. The van der Waals surface area contributed by atoms with E-state index in [1.807, 2.05) is 49.4 Å². The summed E-state index contributed by atoms with van der Waals surface area (Å²) < 4.78 is 6.35. The molecule has 1 N–H and O–H groups in total. The predicted octanol–water partition coefficient (Wildman–Crippen LogP) is 5.71. The highest BCUT2D eigenvalue weighted by Gasteiger charge is 2.35. The second-order valence-electron chi connectivity index (χ2n) is 10.5. The first-order chi connectivity index (χ1) is 17.1. The van der Waals surface area contributed by atoms with Gasteiger partial charge in [0, 0.05) is 19.4 Å². The lowest BCUT2D eigenvalue weighted by atomic mass is 9.90. The lowest BCUT2D eigenvalue weighted by Gasteiger charge is -2.24. The number of nitrogens with zero attached hydrogens (tertiary/aromatic N) is 1. The number of benzene rings is 3.